The van der Waals surface area contributed by atoms with Crippen molar-refractivity contribution in [2.45, 2.75) is 52.7 Å². The normalized spacial score (nSPS) is 11.5. The third-order valence-corrected chi connectivity index (χ3v) is 4.57. The molecule has 0 saturated heterocycles. The van der Waals surface area contributed by atoms with Gasteiger partial charge in [0.15, 0.2) is 5.16 Å². The van der Waals surface area contributed by atoms with Crippen LogP contribution >= 0.6 is 11.8 Å². The number of aryl methyl sites for hydroxylation is 3. The van der Waals surface area contributed by atoms with Gasteiger partial charge in [0.2, 0.25) is 0 Å². The minimum Gasteiger partial charge on any atom is -0.346 e. The number of nitrogens with zero attached hydrogens (tertiary/aromatic N) is 4. The van der Waals surface area contributed by atoms with E-state index < -0.39 is 0 Å². The summed E-state index contributed by atoms with van der Waals surface area (Å²) in [6.45, 7) is 12.3. The molecule has 134 valence electrons. The number of thioether (sulfide) groups is 1. The zero-order valence-electron chi connectivity index (χ0n) is 15.6. The average Bonchev–Trinajstić information content (AvgIpc) is 2.78. The lowest BCUT2D eigenvalue weighted by Gasteiger charge is -2.13. The molecule has 2 aromatic rings. The fourth-order valence-corrected chi connectivity index (χ4v) is 3.56. The average molecular weight is 359 g/mol. The summed E-state index contributed by atoms with van der Waals surface area (Å²) in [5.74, 6) is 0.0484. The monoisotopic (exact) mass is 359 g/mol. The Morgan fingerprint density at radius 3 is 2.44 bits per heavy atom. The number of nitrogens with one attached hydrogen (secondary N) is 1. The standard InChI is InChI=1S/C18H25N5OS/c1-11(2)23-14(5)8-16(15(23)6)9-19-22-17(24)10-25-18-20-12(3)7-13(4)21-18/h7-9,11H,10H2,1-6H3,(H,22,24)/b19-9-. The molecule has 0 aliphatic carbocycles. The maximum absolute atomic E-state index is 11.9. The van der Waals surface area contributed by atoms with Crippen LogP contribution in [-0.2, 0) is 4.79 Å². The summed E-state index contributed by atoms with van der Waals surface area (Å²) in [4.78, 5) is 20.5. The van der Waals surface area contributed by atoms with Gasteiger partial charge in [0.05, 0.1) is 12.0 Å². The molecule has 0 atom stereocenters. The molecule has 0 bridgehead atoms. The topological polar surface area (TPSA) is 72.2 Å². The van der Waals surface area contributed by atoms with Crippen LogP contribution in [0, 0.1) is 27.7 Å². The van der Waals surface area contributed by atoms with Crippen molar-refractivity contribution < 1.29 is 4.79 Å². The molecule has 1 N–H and O–H groups in total. The molecule has 0 aliphatic rings. The zero-order chi connectivity index (χ0) is 18.6. The molecule has 0 unspecified atom stereocenters. The predicted molar refractivity (Wildman–Crippen MR) is 102 cm³/mol. The van der Waals surface area contributed by atoms with E-state index in [0.29, 0.717) is 11.2 Å². The van der Waals surface area contributed by atoms with Crippen molar-refractivity contribution in [2.24, 2.45) is 5.10 Å². The lowest BCUT2D eigenvalue weighted by Crippen LogP contribution is -2.20. The number of amides is 1. The Balaban J connectivity index is 1.91. The van der Waals surface area contributed by atoms with E-state index in [1.165, 1.54) is 17.5 Å². The summed E-state index contributed by atoms with van der Waals surface area (Å²) >= 11 is 1.30. The molecule has 1 amide bonds. The summed E-state index contributed by atoms with van der Waals surface area (Å²) in [7, 11) is 0. The van der Waals surface area contributed by atoms with Gasteiger partial charge >= 0.3 is 0 Å². The Labute approximate surface area is 153 Å². The van der Waals surface area contributed by atoms with E-state index in [4.69, 9.17) is 0 Å². The lowest BCUT2D eigenvalue weighted by atomic mass is 10.2. The molecular weight excluding hydrogens is 334 g/mol. The molecule has 2 heterocycles. The molecule has 0 spiro atoms. The highest BCUT2D eigenvalue weighted by Gasteiger charge is 2.10. The number of carbonyl (C=O) groups excluding carboxylic acids is 1. The summed E-state index contributed by atoms with van der Waals surface area (Å²) in [5.41, 5.74) is 7.69. The van der Waals surface area contributed by atoms with Gasteiger partial charge in [-0.05, 0) is 53.7 Å². The maximum Gasteiger partial charge on any atom is 0.250 e. The van der Waals surface area contributed by atoms with E-state index in [2.05, 4.69) is 58.8 Å². The summed E-state index contributed by atoms with van der Waals surface area (Å²) in [6.07, 6.45) is 1.69. The Morgan fingerprint density at radius 2 is 1.88 bits per heavy atom. The Kier molecular flexibility index (Phi) is 6.36. The first-order chi connectivity index (χ1) is 11.8. The van der Waals surface area contributed by atoms with Crippen LogP contribution in [0.2, 0.25) is 0 Å². The highest BCUT2D eigenvalue weighted by atomic mass is 32.2. The van der Waals surface area contributed by atoms with Crippen molar-refractivity contribution in [1.82, 2.24) is 20.0 Å². The SMILES string of the molecule is Cc1cc(C)nc(SCC(=O)N/N=C\c2cc(C)n(C(C)C)c2C)n1. The molecule has 25 heavy (non-hydrogen) atoms. The van der Waals surface area contributed by atoms with Gasteiger partial charge in [-0.25, -0.2) is 15.4 Å². The van der Waals surface area contributed by atoms with Crippen LogP contribution in [0.5, 0.6) is 0 Å². The Bertz CT molecular complexity index is 775. The molecule has 0 saturated carbocycles. The Hall–Kier alpha value is -2.15. The summed E-state index contributed by atoms with van der Waals surface area (Å²) in [5, 5.41) is 4.68. The van der Waals surface area contributed by atoms with Crippen molar-refractivity contribution >= 4 is 23.9 Å². The molecule has 6 nitrogen and oxygen atoms in total. The van der Waals surface area contributed by atoms with Gasteiger partial charge in [0.25, 0.3) is 5.91 Å². The molecule has 2 rings (SSSR count). The quantitative estimate of drug-likeness (QED) is 0.372. The molecule has 7 heteroatoms. The first-order valence-corrected chi connectivity index (χ1v) is 9.22. The largest absolute Gasteiger partial charge is 0.346 e. The van der Waals surface area contributed by atoms with Gasteiger partial charge < -0.3 is 4.57 Å². The third kappa shape index (κ3) is 5.16. The smallest absolute Gasteiger partial charge is 0.250 e. The van der Waals surface area contributed by atoms with Gasteiger partial charge in [-0.15, -0.1) is 0 Å². The van der Waals surface area contributed by atoms with Crippen molar-refractivity contribution in [3.05, 3.63) is 40.5 Å². The van der Waals surface area contributed by atoms with Crippen LogP contribution in [0.15, 0.2) is 22.4 Å². The Morgan fingerprint density at radius 1 is 1.24 bits per heavy atom. The van der Waals surface area contributed by atoms with Crippen LogP contribution < -0.4 is 5.43 Å². The minimum absolute atomic E-state index is 0.179. The van der Waals surface area contributed by atoms with Crippen molar-refractivity contribution in [3.8, 4) is 0 Å². The van der Waals surface area contributed by atoms with Crippen LogP contribution in [0.4, 0.5) is 0 Å². The highest BCUT2D eigenvalue weighted by Crippen LogP contribution is 2.18. The third-order valence-electron chi connectivity index (χ3n) is 3.73. The number of rotatable bonds is 6. The first-order valence-electron chi connectivity index (χ1n) is 8.23. The van der Waals surface area contributed by atoms with E-state index >= 15 is 0 Å². The molecule has 0 radical (unpaired) electrons. The van der Waals surface area contributed by atoms with Gasteiger partial charge in [0.1, 0.15) is 0 Å². The van der Waals surface area contributed by atoms with E-state index in [9.17, 15) is 4.79 Å². The van der Waals surface area contributed by atoms with E-state index in [0.717, 1.165) is 22.6 Å². The molecule has 0 aliphatic heterocycles. The van der Waals surface area contributed by atoms with Crippen LogP contribution in [0.1, 0.15) is 48.2 Å². The van der Waals surface area contributed by atoms with Crippen molar-refractivity contribution in [2.75, 3.05) is 5.75 Å². The minimum atomic E-state index is -0.179. The van der Waals surface area contributed by atoms with Crippen molar-refractivity contribution in [3.63, 3.8) is 0 Å². The first kappa shape index (κ1) is 19.2. The number of aromatic nitrogens is 3. The summed E-state index contributed by atoms with van der Waals surface area (Å²) < 4.78 is 2.25. The van der Waals surface area contributed by atoms with E-state index in [1.54, 1.807) is 6.21 Å². The fourth-order valence-electron chi connectivity index (χ4n) is 2.82. The molecule has 2 aromatic heterocycles. The van der Waals surface area contributed by atoms with Crippen LogP contribution in [0.3, 0.4) is 0 Å². The van der Waals surface area contributed by atoms with E-state index in [-0.39, 0.29) is 11.7 Å². The van der Waals surface area contributed by atoms with Crippen LogP contribution in [0.25, 0.3) is 0 Å². The van der Waals surface area contributed by atoms with Gasteiger partial charge in [0, 0.05) is 34.4 Å². The summed E-state index contributed by atoms with van der Waals surface area (Å²) in [6, 6.07) is 4.37. The second kappa shape index (κ2) is 8.29. The maximum atomic E-state index is 11.9. The number of hydrogen-bond acceptors (Lipinski definition) is 5. The molecule has 0 aromatic carbocycles. The second-order valence-corrected chi connectivity index (χ2v) is 7.25. The van der Waals surface area contributed by atoms with Crippen molar-refractivity contribution in [1.29, 1.82) is 0 Å². The number of carbonyl (C=O) groups is 1. The number of hydrogen-bond donors (Lipinski definition) is 1. The number of hydrazone groups is 1. The van der Waals surface area contributed by atoms with Gasteiger partial charge in [-0.2, -0.15) is 5.10 Å². The zero-order valence-corrected chi connectivity index (χ0v) is 16.4. The second-order valence-electron chi connectivity index (χ2n) is 6.31. The van der Waals surface area contributed by atoms with Gasteiger partial charge in [-0.1, -0.05) is 11.8 Å². The van der Waals surface area contributed by atoms with E-state index in [1.807, 2.05) is 19.9 Å². The highest BCUT2D eigenvalue weighted by molar-refractivity contribution is 7.99. The predicted octanol–water partition coefficient (Wildman–Crippen LogP) is 3.34. The van der Waals surface area contributed by atoms with Crippen LogP contribution in [-0.4, -0.2) is 32.4 Å². The van der Waals surface area contributed by atoms with Gasteiger partial charge in [-0.3, -0.25) is 4.79 Å². The molecular formula is C18H25N5OS. The molecule has 0 fully saturated rings. The fraction of sp³-hybridized carbons (Fsp3) is 0.444. The lowest BCUT2D eigenvalue weighted by molar-refractivity contribution is -0.118.